The minimum Gasteiger partial charge on any atom is -0.444 e. The normalized spacial score (nSPS) is 13.8. The number of hydrogen-bond acceptors (Lipinski definition) is 4. The zero-order chi connectivity index (χ0) is 18.9. The third-order valence-corrected chi connectivity index (χ3v) is 3.56. The molecule has 2 atom stereocenters. The van der Waals surface area contributed by atoms with Crippen LogP contribution < -0.4 is 11.1 Å². The Balaban J connectivity index is 2.61. The molecular formula is C19H30N2O4. The van der Waals surface area contributed by atoms with E-state index in [1.807, 2.05) is 58.0 Å². The van der Waals surface area contributed by atoms with Gasteiger partial charge in [-0.3, -0.25) is 4.79 Å². The Labute approximate surface area is 150 Å². The fraction of sp³-hybridized carbons (Fsp3) is 0.579. The summed E-state index contributed by atoms with van der Waals surface area (Å²) in [6.07, 6.45) is 0.706. The molecule has 3 N–H and O–H groups in total. The highest BCUT2D eigenvalue weighted by Gasteiger charge is 2.24. The number of rotatable bonds is 9. The van der Waals surface area contributed by atoms with Crippen LogP contribution in [0.3, 0.4) is 0 Å². The van der Waals surface area contributed by atoms with Crippen molar-refractivity contribution in [1.29, 1.82) is 0 Å². The van der Waals surface area contributed by atoms with Crippen LogP contribution in [0.2, 0.25) is 0 Å². The average molecular weight is 350 g/mol. The molecule has 0 fully saturated rings. The van der Waals surface area contributed by atoms with Gasteiger partial charge in [-0.15, -0.1) is 0 Å². The number of carbonyl (C=O) groups is 2. The van der Waals surface area contributed by atoms with Crippen molar-refractivity contribution in [2.24, 2.45) is 5.73 Å². The van der Waals surface area contributed by atoms with Gasteiger partial charge in [-0.2, -0.15) is 0 Å². The van der Waals surface area contributed by atoms with Crippen LogP contribution in [-0.2, 0) is 20.9 Å². The van der Waals surface area contributed by atoms with E-state index >= 15 is 0 Å². The number of nitrogens with one attached hydrogen (secondary N) is 1. The predicted molar refractivity (Wildman–Crippen MR) is 96.9 cm³/mol. The van der Waals surface area contributed by atoms with E-state index < -0.39 is 11.7 Å². The van der Waals surface area contributed by atoms with Gasteiger partial charge in [0.1, 0.15) is 5.60 Å². The molecule has 0 aliphatic rings. The van der Waals surface area contributed by atoms with Crippen molar-refractivity contribution in [2.75, 3.05) is 0 Å². The summed E-state index contributed by atoms with van der Waals surface area (Å²) in [6, 6.07) is 9.55. The number of amides is 2. The first kappa shape index (κ1) is 21.0. The first-order chi connectivity index (χ1) is 11.7. The number of alkyl carbamates (subject to hydrolysis) is 1. The molecule has 0 aliphatic carbocycles. The van der Waals surface area contributed by atoms with Crippen LogP contribution in [0, 0.1) is 0 Å². The van der Waals surface area contributed by atoms with Crippen LogP contribution in [0.15, 0.2) is 30.3 Å². The van der Waals surface area contributed by atoms with Crippen LogP contribution in [-0.4, -0.2) is 29.7 Å². The van der Waals surface area contributed by atoms with Gasteiger partial charge in [-0.1, -0.05) is 30.3 Å². The Bertz CT molecular complexity index is 540. The van der Waals surface area contributed by atoms with Crippen LogP contribution in [0.4, 0.5) is 4.79 Å². The van der Waals surface area contributed by atoms with Crippen molar-refractivity contribution in [2.45, 2.75) is 71.3 Å². The minimum atomic E-state index is -0.573. The quantitative estimate of drug-likeness (QED) is 0.716. The van der Waals surface area contributed by atoms with Gasteiger partial charge in [-0.05, 0) is 46.1 Å². The van der Waals surface area contributed by atoms with Crippen LogP contribution in [0.1, 0.15) is 52.5 Å². The average Bonchev–Trinajstić information content (AvgIpc) is 2.50. The van der Waals surface area contributed by atoms with E-state index in [0.29, 0.717) is 19.4 Å². The second-order valence-electron chi connectivity index (χ2n) is 7.11. The molecule has 0 bridgehead atoms. The number of primary amides is 1. The third kappa shape index (κ3) is 9.72. The predicted octanol–water partition coefficient (Wildman–Crippen LogP) is 3.14. The maximum absolute atomic E-state index is 12.1. The van der Waals surface area contributed by atoms with Crippen molar-refractivity contribution in [1.82, 2.24) is 5.32 Å². The van der Waals surface area contributed by atoms with Crippen LogP contribution in [0.25, 0.3) is 0 Å². The van der Waals surface area contributed by atoms with E-state index in [0.717, 1.165) is 5.56 Å². The molecule has 140 valence electrons. The molecule has 0 radical (unpaired) electrons. The Morgan fingerprint density at radius 3 is 2.40 bits per heavy atom. The van der Waals surface area contributed by atoms with Crippen LogP contribution >= 0.6 is 0 Å². The highest BCUT2D eigenvalue weighted by Crippen LogP contribution is 2.13. The van der Waals surface area contributed by atoms with Gasteiger partial charge < -0.3 is 20.5 Å². The summed E-state index contributed by atoms with van der Waals surface area (Å²) in [5, 5.41) is 2.85. The third-order valence-electron chi connectivity index (χ3n) is 3.56. The molecule has 1 rings (SSSR count). The fourth-order valence-electron chi connectivity index (χ4n) is 2.30. The molecule has 6 nitrogen and oxygen atoms in total. The lowest BCUT2D eigenvalue weighted by atomic mass is 10.0. The second-order valence-corrected chi connectivity index (χ2v) is 7.11. The number of benzene rings is 1. The van der Waals surface area contributed by atoms with Gasteiger partial charge in [0.15, 0.2) is 0 Å². The van der Waals surface area contributed by atoms with Gasteiger partial charge in [0, 0.05) is 6.42 Å². The summed E-state index contributed by atoms with van der Waals surface area (Å²) in [5.74, 6) is -0.353. The van der Waals surface area contributed by atoms with Gasteiger partial charge >= 0.3 is 6.09 Å². The summed E-state index contributed by atoms with van der Waals surface area (Å²) in [6.45, 7) is 7.78. The number of hydrogen-bond donors (Lipinski definition) is 2. The summed E-state index contributed by atoms with van der Waals surface area (Å²) in [5.41, 5.74) is 5.68. The van der Waals surface area contributed by atoms with Gasteiger partial charge in [0.2, 0.25) is 5.91 Å². The zero-order valence-electron chi connectivity index (χ0n) is 15.6. The molecule has 0 saturated carbocycles. The van der Waals surface area contributed by atoms with Crippen molar-refractivity contribution < 1.29 is 19.1 Å². The van der Waals surface area contributed by atoms with E-state index in [1.54, 1.807) is 0 Å². The van der Waals surface area contributed by atoms with Crippen LogP contribution in [0.5, 0.6) is 0 Å². The first-order valence-corrected chi connectivity index (χ1v) is 8.60. The molecular weight excluding hydrogens is 320 g/mol. The molecule has 1 aromatic rings. The molecule has 2 amide bonds. The van der Waals surface area contributed by atoms with Crippen molar-refractivity contribution in [3.63, 3.8) is 0 Å². The standard InChI is InChI=1S/C19H30N2O4/c1-14(24-13-15-9-6-5-7-10-15)16(11-8-12-17(20)22)21-18(23)25-19(2,3)4/h5-7,9-10,14,16H,8,11-13H2,1-4H3,(H2,20,22)(H,21,23)/t14-,16+/m1/s1. The lowest BCUT2D eigenvalue weighted by Gasteiger charge is -2.27. The fourth-order valence-corrected chi connectivity index (χ4v) is 2.30. The smallest absolute Gasteiger partial charge is 0.407 e. The van der Waals surface area contributed by atoms with Crippen molar-refractivity contribution in [3.8, 4) is 0 Å². The number of ether oxygens (including phenoxy) is 2. The van der Waals surface area contributed by atoms with Gasteiger partial charge in [0.25, 0.3) is 0 Å². The molecule has 1 aromatic carbocycles. The largest absolute Gasteiger partial charge is 0.444 e. The molecule has 25 heavy (non-hydrogen) atoms. The summed E-state index contributed by atoms with van der Waals surface area (Å²) in [7, 11) is 0. The highest BCUT2D eigenvalue weighted by atomic mass is 16.6. The Morgan fingerprint density at radius 1 is 1.20 bits per heavy atom. The van der Waals surface area contributed by atoms with Gasteiger partial charge in [-0.25, -0.2) is 4.79 Å². The molecule has 0 aromatic heterocycles. The number of nitrogens with two attached hydrogens (primary N) is 1. The Morgan fingerprint density at radius 2 is 1.84 bits per heavy atom. The topological polar surface area (TPSA) is 90.6 Å². The second kappa shape index (κ2) is 10.0. The maximum Gasteiger partial charge on any atom is 0.407 e. The summed E-state index contributed by atoms with van der Waals surface area (Å²) >= 11 is 0. The minimum absolute atomic E-state index is 0.236. The van der Waals surface area contributed by atoms with Gasteiger partial charge in [0.05, 0.1) is 18.8 Å². The molecule has 0 saturated heterocycles. The maximum atomic E-state index is 12.1. The molecule has 0 unspecified atom stereocenters. The van der Waals surface area contributed by atoms with E-state index in [-0.39, 0.29) is 24.5 Å². The SMILES string of the molecule is C[C@@H](OCc1ccccc1)[C@H](CCCC(N)=O)NC(=O)OC(C)(C)C. The van der Waals surface area contributed by atoms with Crippen molar-refractivity contribution in [3.05, 3.63) is 35.9 Å². The van der Waals surface area contributed by atoms with E-state index in [2.05, 4.69) is 5.32 Å². The molecule has 0 heterocycles. The zero-order valence-corrected chi connectivity index (χ0v) is 15.6. The lowest BCUT2D eigenvalue weighted by Crippen LogP contribution is -2.45. The highest BCUT2D eigenvalue weighted by molar-refractivity contribution is 5.73. The van der Waals surface area contributed by atoms with Crippen molar-refractivity contribution >= 4 is 12.0 Å². The molecule has 6 heteroatoms. The Hall–Kier alpha value is -2.08. The monoisotopic (exact) mass is 350 g/mol. The Kier molecular flexibility index (Phi) is 8.41. The van der Waals surface area contributed by atoms with E-state index in [1.165, 1.54) is 0 Å². The summed E-state index contributed by atoms with van der Waals surface area (Å²) < 4.78 is 11.2. The van der Waals surface area contributed by atoms with E-state index in [9.17, 15) is 9.59 Å². The lowest BCUT2D eigenvalue weighted by molar-refractivity contribution is -0.118. The summed E-state index contributed by atoms with van der Waals surface area (Å²) in [4.78, 5) is 23.0. The molecule has 0 spiro atoms. The molecule has 0 aliphatic heterocycles. The van der Waals surface area contributed by atoms with E-state index in [4.69, 9.17) is 15.2 Å². The number of carbonyl (C=O) groups excluding carboxylic acids is 2. The first-order valence-electron chi connectivity index (χ1n) is 8.60.